The van der Waals surface area contributed by atoms with E-state index >= 15 is 0 Å². The van der Waals surface area contributed by atoms with Crippen LogP contribution in [0.3, 0.4) is 0 Å². The number of carbonyl (C=O) groups is 1. The molecule has 1 heterocycles. The van der Waals surface area contributed by atoms with Crippen molar-refractivity contribution in [3.05, 3.63) is 42.1 Å². The highest BCUT2D eigenvalue weighted by molar-refractivity contribution is 5.99. The fourth-order valence-electron chi connectivity index (χ4n) is 1.24. The molecule has 1 aromatic carbocycles. The van der Waals surface area contributed by atoms with Gasteiger partial charge in [0.05, 0.1) is 17.4 Å². The van der Waals surface area contributed by atoms with Crippen LogP contribution >= 0.6 is 0 Å². The van der Waals surface area contributed by atoms with E-state index in [-0.39, 0.29) is 5.88 Å². The number of nitrogens with zero attached hydrogens (tertiary/aromatic N) is 2. The van der Waals surface area contributed by atoms with Crippen molar-refractivity contribution in [2.24, 2.45) is 0 Å². The number of urea groups is 1. The number of hydrogen-bond acceptors (Lipinski definition) is 4. The van der Waals surface area contributed by atoms with E-state index in [1.54, 1.807) is 24.3 Å². The van der Waals surface area contributed by atoms with Gasteiger partial charge in [0.15, 0.2) is 0 Å². The van der Waals surface area contributed by atoms with Gasteiger partial charge in [0.2, 0.25) is 5.88 Å². The van der Waals surface area contributed by atoms with Gasteiger partial charge in [-0.3, -0.25) is 5.32 Å². The van der Waals surface area contributed by atoms with Crippen molar-refractivity contribution in [3.63, 3.8) is 0 Å². The average molecular weight is 228 g/mol. The van der Waals surface area contributed by atoms with Crippen LogP contribution in [0.5, 0.6) is 0 Å². The molecule has 0 unspecified atom stereocenters. The maximum absolute atomic E-state index is 11.5. The molecule has 6 heteroatoms. The lowest BCUT2D eigenvalue weighted by atomic mass is 10.2. The SMILES string of the molecule is N#Cc1ccccc1NC(=O)Nc1ccno1. The highest BCUT2D eigenvalue weighted by Crippen LogP contribution is 2.14. The summed E-state index contributed by atoms with van der Waals surface area (Å²) >= 11 is 0. The molecule has 1 aromatic heterocycles. The predicted octanol–water partition coefficient (Wildman–Crippen LogP) is 2.19. The summed E-state index contributed by atoms with van der Waals surface area (Å²) in [4.78, 5) is 11.5. The molecule has 0 fully saturated rings. The molecule has 2 N–H and O–H groups in total. The molecule has 0 radical (unpaired) electrons. The highest BCUT2D eigenvalue weighted by Gasteiger charge is 2.07. The van der Waals surface area contributed by atoms with Gasteiger partial charge in [0, 0.05) is 6.07 Å². The minimum absolute atomic E-state index is 0.233. The molecule has 0 saturated heterocycles. The van der Waals surface area contributed by atoms with Crippen molar-refractivity contribution in [2.75, 3.05) is 10.6 Å². The Bertz CT molecular complexity index is 557. The third kappa shape index (κ3) is 2.60. The first-order valence-electron chi connectivity index (χ1n) is 4.77. The number of anilines is 2. The molecule has 2 rings (SSSR count). The van der Waals surface area contributed by atoms with Crippen molar-refractivity contribution >= 4 is 17.6 Å². The Balaban J connectivity index is 2.06. The minimum Gasteiger partial charge on any atom is -0.338 e. The summed E-state index contributed by atoms with van der Waals surface area (Å²) in [5.41, 5.74) is 0.826. The van der Waals surface area contributed by atoms with Gasteiger partial charge in [0.1, 0.15) is 6.07 Å². The monoisotopic (exact) mass is 228 g/mol. The summed E-state index contributed by atoms with van der Waals surface area (Å²) in [6, 6.07) is 9.70. The summed E-state index contributed by atoms with van der Waals surface area (Å²) < 4.78 is 4.71. The van der Waals surface area contributed by atoms with Crippen LogP contribution in [0.1, 0.15) is 5.56 Å². The molecule has 0 aliphatic heterocycles. The van der Waals surface area contributed by atoms with Crippen LogP contribution in [0.2, 0.25) is 0 Å². The van der Waals surface area contributed by atoms with Gasteiger partial charge in [0.25, 0.3) is 0 Å². The molecule has 2 amide bonds. The Morgan fingerprint density at radius 2 is 2.12 bits per heavy atom. The molecule has 6 nitrogen and oxygen atoms in total. The Kier molecular flexibility index (Phi) is 3.03. The third-order valence-corrected chi connectivity index (χ3v) is 1.97. The second-order valence-electron chi connectivity index (χ2n) is 3.11. The summed E-state index contributed by atoms with van der Waals surface area (Å²) in [6.45, 7) is 0. The van der Waals surface area contributed by atoms with Gasteiger partial charge in [-0.05, 0) is 12.1 Å². The minimum atomic E-state index is -0.496. The summed E-state index contributed by atoms with van der Waals surface area (Å²) in [7, 11) is 0. The molecule has 0 bridgehead atoms. The fraction of sp³-hybridized carbons (Fsp3) is 0. The molecule has 0 atom stereocenters. The topological polar surface area (TPSA) is 91.0 Å². The van der Waals surface area contributed by atoms with Crippen molar-refractivity contribution in [3.8, 4) is 6.07 Å². The zero-order valence-electron chi connectivity index (χ0n) is 8.68. The molecule has 0 aliphatic carbocycles. The molecule has 0 spiro atoms. The number of aromatic nitrogens is 1. The van der Waals surface area contributed by atoms with E-state index in [1.807, 2.05) is 6.07 Å². The van der Waals surface area contributed by atoms with Crippen LogP contribution < -0.4 is 10.6 Å². The summed E-state index contributed by atoms with van der Waals surface area (Å²) in [5, 5.41) is 17.3. The quantitative estimate of drug-likeness (QED) is 0.824. The number of carbonyl (C=O) groups excluding carboxylic acids is 1. The van der Waals surface area contributed by atoms with Gasteiger partial charge in [-0.25, -0.2) is 4.79 Å². The van der Waals surface area contributed by atoms with Crippen LogP contribution in [-0.4, -0.2) is 11.2 Å². The van der Waals surface area contributed by atoms with E-state index in [2.05, 4.69) is 15.8 Å². The number of para-hydroxylation sites is 1. The van der Waals surface area contributed by atoms with Crippen molar-refractivity contribution < 1.29 is 9.32 Å². The number of rotatable bonds is 2. The Labute approximate surface area is 96.8 Å². The van der Waals surface area contributed by atoms with E-state index in [1.165, 1.54) is 12.3 Å². The number of hydrogen-bond donors (Lipinski definition) is 2. The number of nitrogens with one attached hydrogen (secondary N) is 2. The smallest absolute Gasteiger partial charge is 0.326 e. The maximum atomic E-state index is 11.5. The van der Waals surface area contributed by atoms with Crippen LogP contribution in [-0.2, 0) is 0 Å². The maximum Gasteiger partial charge on any atom is 0.326 e. The molecular weight excluding hydrogens is 220 g/mol. The summed E-state index contributed by atoms with van der Waals surface area (Å²) in [6.07, 6.45) is 1.42. The number of amides is 2. The van der Waals surface area contributed by atoms with E-state index in [0.717, 1.165) is 0 Å². The first kappa shape index (κ1) is 10.7. The van der Waals surface area contributed by atoms with E-state index in [0.29, 0.717) is 11.3 Å². The summed E-state index contributed by atoms with van der Waals surface area (Å²) in [5.74, 6) is 0.233. The largest absolute Gasteiger partial charge is 0.338 e. The average Bonchev–Trinajstić information content (AvgIpc) is 2.82. The molecule has 2 aromatic rings. The second-order valence-corrected chi connectivity index (χ2v) is 3.11. The fourth-order valence-corrected chi connectivity index (χ4v) is 1.24. The van der Waals surface area contributed by atoms with Crippen LogP contribution in [0, 0.1) is 11.3 Å². The van der Waals surface area contributed by atoms with Crippen molar-refractivity contribution in [1.82, 2.24) is 5.16 Å². The highest BCUT2D eigenvalue weighted by atomic mass is 16.5. The van der Waals surface area contributed by atoms with Gasteiger partial charge < -0.3 is 9.84 Å². The van der Waals surface area contributed by atoms with Crippen molar-refractivity contribution in [1.29, 1.82) is 5.26 Å². The zero-order chi connectivity index (χ0) is 12.1. The van der Waals surface area contributed by atoms with Crippen molar-refractivity contribution in [2.45, 2.75) is 0 Å². The van der Waals surface area contributed by atoms with E-state index in [9.17, 15) is 4.79 Å². The number of nitriles is 1. The van der Waals surface area contributed by atoms with Crippen LogP contribution in [0.4, 0.5) is 16.4 Å². The van der Waals surface area contributed by atoms with Crippen LogP contribution in [0.25, 0.3) is 0 Å². The third-order valence-electron chi connectivity index (χ3n) is 1.97. The van der Waals surface area contributed by atoms with Gasteiger partial charge in [-0.15, -0.1) is 0 Å². The molecule has 84 valence electrons. The molecular formula is C11H8N4O2. The zero-order valence-corrected chi connectivity index (χ0v) is 8.68. The van der Waals surface area contributed by atoms with Gasteiger partial charge in [-0.1, -0.05) is 17.3 Å². The molecule has 0 aliphatic rings. The molecule has 0 saturated carbocycles. The van der Waals surface area contributed by atoms with Gasteiger partial charge in [-0.2, -0.15) is 5.26 Å². The first-order chi connectivity index (χ1) is 8.29. The van der Waals surface area contributed by atoms with Crippen LogP contribution in [0.15, 0.2) is 41.1 Å². The Morgan fingerprint density at radius 1 is 1.29 bits per heavy atom. The lowest BCUT2D eigenvalue weighted by molar-refractivity contribution is 0.261. The normalized spacial score (nSPS) is 9.35. The lowest BCUT2D eigenvalue weighted by Crippen LogP contribution is -2.19. The van der Waals surface area contributed by atoms with Gasteiger partial charge >= 0.3 is 6.03 Å². The van der Waals surface area contributed by atoms with E-state index < -0.39 is 6.03 Å². The Hall–Kier alpha value is -2.81. The second kappa shape index (κ2) is 4.81. The number of benzene rings is 1. The lowest BCUT2D eigenvalue weighted by Gasteiger charge is -2.06. The van der Waals surface area contributed by atoms with E-state index in [4.69, 9.17) is 9.78 Å². The molecule has 17 heavy (non-hydrogen) atoms. The first-order valence-corrected chi connectivity index (χ1v) is 4.77. The Morgan fingerprint density at radius 3 is 2.82 bits per heavy atom. The predicted molar refractivity (Wildman–Crippen MR) is 60.3 cm³/mol. The standard InChI is InChI=1S/C11H8N4O2/c12-7-8-3-1-2-4-9(8)14-11(16)15-10-5-6-13-17-10/h1-6H,(H2,14,15,16).